The van der Waals surface area contributed by atoms with Crippen molar-refractivity contribution >= 4 is 22.7 Å². The Morgan fingerprint density at radius 3 is 2.81 bits per heavy atom. The summed E-state index contributed by atoms with van der Waals surface area (Å²) in [6.45, 7) is 1.89. The molecule has 21 heavy (non-hydrogen) atoms. The molecule has 1 heterocycles. The number of halogens is 1. The van der Waals surface area contributed by atoms with E-state index in [9.17, 15) is 9.90 Å². The van der Waals surface area contributed by atoms with Crippen LogP contribution in [0.1, 0.15) is 22.8 Å². The Bertz CT molecular complexity index is 879. The van der Waals surface area contributed by atoms with E-state index in [1.54, 1.807) is 31.3 Å². The highest BCUT2D eigenvalue weighted by atomic mass is 35.5. The summed E-state index contributed by atoms with van der Waals surface area (Å²) in [5.41, 5.74) is 3.30. The zero-order valence-corrected chi connectivity index (χ0v) is 12.4. The van der Waals surface area contributed by atoms with E-state index in [0.717, 1.165) is 5.56 Å². The van der Waals surface area contributed by atoms with Gasteiger partial charge in [-0.05, 0) is 30.2 Å². The third-order valence-electron chi connectivity index (χ3n) is 3.65. The molecule has 0 fully saturated rings. The van der Waals surface area contributed by atoms with Crippen molar-refractivity contribution in [3.63, 3.8) is 0 Å². The minimum Gasteiger partial charge on any atom is -0.408 e. The zero-order valence-electron chi connectivity index (χ0n) is 11.6. The fourth-order valence-corrected chi connectivity index (χ4v) is 2.61. The van der Waals surface area contributed by atoms with Crippen LogP contribution in [-0.2, 0) is 7.05 Å². The van der Waals surface area contributed by atoms with Crippen LogP contribution in [-0.4, -0.2) is 9.67 Å². The van der Waals surface area contributed by atoms with E-state index in [1.807, 2.05) is 19.1 Å². The first-order chi connectivity index (χ1) is 9.99. The van der Waals surface area contributed by atoms with Gasteiger partial charge in [0.2, 0.25) is 0 Å². The monoisotopic (exact) mass is 303 g/mol. The normalized spacial score (nSPS) is 12.8. The van der Waals surface area contributed by atoms with Gasteiger partial charge in [-0.25, -0.2) is 4.79 Å². The molecule has 3 aromatic rings. The highest BCUT2D eigenvalue weighted by molar-refractivity contribution is 6.32. The summed E-state index contributed by atoms with van der Waals surface area (Å²) in [7, 11) is 1.64. The summed E-state index contributed by atoms with van der Waals surface area (Å²) in [5, 5.41) is 11.1. The molecular weight excluding hydrogens is 290 g/mol. The molecular formula is C16H14ClNO3. The van der Waals surface area contributed by atoms with Crippen molar-refractivity contribution in [3.05, 3.63) is 68.7 Å². The van der Waals surface area contributed by atoms with Gasteiger partial charge in [0.25, 0.3) is 0 Å². The fraction of sp³-hybridized carbons (Fsp3) is 0.188. The minimum atomic E-state index is -0.868. The predicted octanol–water partition coefficient (Wildman–Crippen LogP) is 3.18. The summed E-state index contributed by atoms with van der Waals surface area (Å²) in [5.74, 6) is -0.426. The Hall–Kier alpha value is -2.04. The lowest BCUT2D eigenvalue weighted by Crippen LogP contribution is -2.08. The van der Waals surface area contributed by atoms with Crippen LogP contribution in [0.5, 0.6) is 0 Å². The van der Waals surface area contributed by atoms with E-state index in [2.05, 4.69) is 0 Å². The molecule has 1 N–H and O–H groups in total. The van der Waals surface area contributed by atoms with Gasteiger partial charge in [-0.15, -0.1) is 0 Å². The molecule has 108 valence electrons. The highest BCUT2D eigenvalue weighted by Gasteiger charge is 2.17. The second-order valence-corrected chi connectivity index (χ2v) is 5.41. The van der Waals surface area contributed by atoms with Crippen LogP contribution in [0.15, 0.2) is 45.6 Å². The van der Waals surface area contributed by atoms with Crippen LogP contribution in [0.4, 0.5) is 0 Å². The lowest BCUT2D eigenvalue weighted by molar-refractivity contribution is 0.220. The molecule has 0 amide bonds. The van der Waals surface area contributed by atoms with E-state index in [-0.39, 0.29) is 0 Å². The molecule has 0 aliphatic heterocycles. The highest BCUT2D eigenvalue weighted by Crippen LogP contribution is 2.31. The summed E-state index contributed by atoms with van der Waals surface area (Å²) >= 11 is 6.25. The topological polar surface area (TPSA) is 55.4 Å². The van der Waals surface area contributed by atoms with Crippen molar-refractivity contribution in [3.8, 4) is 0 Å². The maximum atomic E-state index is 11.5. The summed E-state index contributed by atoms with van der Waals surface area (Å²) < 4.78 is 6.56. The average molecular weight is 304 g/mol. The van der Waals surface area contributed by atoms with Gasteiger partial charge in [-0.2, -0.15) is 0 Å². The smallest absolute Gasteiger partial charge is 0.408 e. The quantitative estimate of drug-likeness (QED) is 0.791. The number of oxazole rings is 1. The SMILES string of the molecule is Cc1cccc(C(O)c2ccc3c(c2)oc(=O)n3C)c1Cl. The van der Waals surface area contributed by atoms with Crippen molar-refractivity contribution in [2.75, 3.05) is 0 Å². The number of aliphatic hydroxyl groups excluding tert-OH is 1. The van der Waals surface area contributed by atoms with Gasteiger partial charge in [0.05, 0.1) is 5.52 Å². The molecule has 0 aliphatic rings. The molecule has 0 saturated heterocycles. The molecule has 1 unspecified atom stereocenters. The van der Waals surface area contributed by atoms with Crippen molar-refractivity contribution in [2.24, 2.45) is 7.05 Å². The van der Waals surface area contributed by atoms with E-state index < -0.39 is 11.9 Å². The third-order valence-corrected chi connectivity index (χ3v) is 4.16. The minimum absolute atomic E-state index is 0.426. The Balaban J connectivity index is 2.11. The van der Waals surface area contributed by atoms with Crippen LogP contribution in [0.2, 0.25) is 5.02 Å². The van der Waals surface area contributed by atoms with Crippen LogP contribution in [0.3, 0.4) is 0 Å². The number of nitrogens with zero attached hydrogens (tertiary/aromatic N) is 1. The van der Waals surface area contributed by atoms with Gasteiger partial charge in [0.15, 0.2) is 5.58 Å². The number of aryl methyl sites for hydroxylation is 2. The summed E-state index contributed by atoms with van der Waals surface area (Å²) in [6.07, 6.45) is -0.868. The molecule has 1 aromatic heterocycles. The number of aromatic nitrogens is 1. The van der Waals surface area contributed by atoms with Crippen LogP contribution >= 0.6 is 11.6 Å². The number of hydrogen-bond donors (Lipinski definition) is 1. The molecule has 2 aromatic carbocycles. The van der Waals surface area contributed by atoms with Gasteiger partial charge in [-0.1, -0.05) is 35.9 Å². The van der Waals surface area contributed by atoms with Crippen LogP contribution in [0.25, 0.3) is 11.1 Å². The Labute approximate surface area is 126 Å². The largest absolute Gasteiger partial charge is 0.419 e. The first-order valence-electron chi connectivity index (χ1n) is 6.51. The molecule has 0 radical (unpaired) electrons. The maximum Gasteiger partial charge on any atom is 0.419 e. The second-order valence-electron chi connectivity index (χ2n) is 5.03. The fourth-order valence-electron chi connectivity index (χ4n) is 2.38. The molecule has 4 nitrogen and oxygen atoms in total. The number of benzene rings is 2. The van der Waals surface area contributed by atoms with E-state index >= 15 is 0 Å². The van der Waals surface area contributed by atoms with Crippen molar-refractivity contribution in [2.45, 2.75) is 13.0 Å². The Morgan fingerprint density at radius 2 is 2.05 bits per heavy atom. The molecule has 0 spiro atoms. The van der Waals surface area contributed by atoms with Crippen LogP contribution < -0.4 is 5.76 Å². The zero-order chi connectivity index (χ0) is 15.1. The van der Waals surface area contributed by atoms with Gasteiger partial charge >= 0.3 is 5.76 Å². The molecule has 1 atom stereocenters. The molecule has 0 aliphatic carbocycles. The third kappa shape index (κ3) is 2.26. The lowest BCUT2D eigenvalue weighted by atomic mass is 9.99. The van der Waals surface area contributed by atoms with Gasteiger partial charge in [-0.3, -0.25) is 4.57 Å². The Morgan fingerprint density at radius 1 is 1.29 bits per heavy atom. The lowest BCUT2D eigenvalue weighted by Gasteiger charge is -2.14. The molecule has 3 rings (SSSR count). The summed E-state index contributed by atoms with van der Waals surface area (Å²) in [6, 6.07) is 10.7. The van der Waals surface area contributed by atoms with Gasteiger partial charge in [0.1, 0.15) is 6.10 Å². The van der Waals surface area contributed by atoms with Crippen molar-refractivity contribution < 1.29 is 9.52 Å². The number of hydrogen-bond acceptors (Lipinski definition) is 3. The van der Waals surface area contributed by atoms with Crippen molar-refractivity contribution in [1.82, 2.24) is 4.57 Å². The number of aliphatic hydroxyl groups is 1. The number of rotatable bonds is 2. The van der Waals surface area contributed by atoms with Crippen molar-refractivity contribution in [1.29, 1.82) is 0 Å². The van der Waals surface area contributed by atoms with E-state index in [1.165, 1.54) is 4.57 Å². The van der Waals surface area contributed by atoms with Crippen LogP contribution in [0, 0.1) is 6.92 Å². The standard InChI is InChI=1S/C16H14ClNO3/c1-9-4-3-5-11(14(9)17)15(19)10-6-7-12-13(8-10)21-16(20)18(12)2/h3-8,15,19H,1-2H3. The van der Waals surface area contributed by atoms with E-state index in [4.69, 9.17) is 16.0 Å². The predicted molar refractivity (Wildman–Crippen MR) is 81.7 cm³/mol. The van der Waals surface area contributed by atoms with Gasteiger partial charge < -0.3 is 9.52 Å². The first kappa shape index (κ1) is 13.9. The number of fused-ring (bicyclic) bond motifs is 1. The Kier molecular flexibility index (Phi) is 3.35. The first-order valence-corrected chi connectivity index (χ1v) is 6.89. The van der Waals surface area contributed by atoms with Gasteiger partial charge in [0, 0.05) is 17.6 Å². The summed E-state index contributed by atoms with van der Waals surface area (Å²) in [4.78, 5) is 11.5. The molecule has 0 saturated carbocycles. The second kappa shape index (κ2) is 5.06. The molecule has 0 bridgehead atoms. The molecule has 5 heteroatoms. The average Bonchev–Trinajstić information content (AvgIpc) is 2.76. The van der Waals surface area contributed by atoms with E-state index in [0.29, 0.717) is 27.2 Å². The maximum absolute atomic E-state index is 11.5.